The van der Waals surface area contributed by atoms with Crippen LogP contribution in [0.4, 0.5) is 0 Å². The molecule has 0 atom stereocenters. The first-order valence-corrected chi connectivity index (χ1v) is 6.17. The Kier molecular flexibility index (Phi) is 3.66. The van der Waals surface area contributed by atoms with Crippen molar-refractivity contribution in [1.29, 1.82) is 0 Å². The van der Waals surface area contributed by atoms with E-state index < -0.39 is 0 Å². The fraction of sp³-hybridized carbons (Fsp3) is 0.231. The zero-order valence-corrected chi connectivity index (χ0v) is 10.7. The predicted octanol–water partition coefficient (Wildman–Crippen LogP) is 2.89. The SMILES string of the molecule is COc1cc(CN)cc(-c2cccs2)c1OC. The van der Waals surface area contributed by atoms with Gasteiger partial charge in [-0.2, -0.15) is 0 Å². The van der Waals surface area contributed by atoms with Crippen molar-refractivity contribution in [2.24, 2.45) is 5.73 Å². The van der Waals surface area contributed by atoms with Crippen molar-refractivity contribution >= 4 is 11.3 Å². The van der Waals surface area contributed by atoms with Crippen molar-refractivity contribution in [3.63, 3.8) is 0 Å². The number of thiophene rings is 1. The van der Waals surface area contributed by atoms with Crippen LogP contribution in [0, 0.1) is 0 Å². The first kappa shape index (κ1) is 12.0. The highest BCUT2D eigenvalue weighted by atomic mass is 32.1. The van der Waals surface area contributed by atoms with Crippen molar-refractivity contribution in [3.05, 3.63) is 35.2 Å². The van der Waals surface area contributed by atoms with Crippen LogP contribution >= 0.6 is 11.3 Å². The fourth-order valence-corrected chi connectivity index (χ4v) is 2.49. The standard InChI is InChI=1S/C13H15NO2S/c1-15-11-7-9(8-14)6-10(13(11)16-2)12-4-3-5-17-12/h3-7H,8,14H2,1-2H3. The monoisotopic (exact) mass is 249 g/mol. The van der Waals surface area contributed by atoms with Crippen LogP contribution < -0.4 is 15.2 Å². The number of nitrogens with two attached hydrogens (primary N) is 1. The summed E-state index contributed by atoms with van der Waals surface area (Å²) in [6.07, 6.45) is 0. The van der Waals surface area contributed by atoms with E-state index in [4.69, 9.17) is 15.2 Å². The summed E-state index contributed by atoms with van der Waals surface area (Å²) in [4.78, 5) is 1.15. The van der Waals surface area contributed by atoms with Crippen molar-refractivity contribution in [3.8, 4) is 21.9 Å². The molecule has 0 bridgehead atoms. The van der Waals surface area contributed by atoms with Gasteiger partial charge >= 0.3 is 0 Å². The third-order valence-electron chi connectivity index (χ3n) is 2.56. The zero-order valence-electron chi connectivity index (χ0n) is 9.90. The molecule has 0 aliphatic carbocycles. The molecule has 2 aromatic rings. The summed E-state index contributed by atoms with van der Waals surface area (Å²) in [5, 5.41) is 2.04. The van der Waals surface area contributed by atoms with Gasteiger partial charge in [-0.25, -0.2) is 0 Å². The average Bonchev–Trinajstić information content (AvgIpc) is 2.90. The zero-order chi connectivity index (χ0) is 12.3. The Balaban J connectivity index is 2.62. The highest BCUT2D eigenvalue weighted by Crippen LogP contribution is 2.40. The van der Waals surface area contributed by atoms with Gasteiger partial charge in [-0.15, -0.1) is 11.3 Å². The molecule has 0 radical (unpaired) electrons. The number of hydrogen-bond acceptors (Lipinski definition) is 4. The summed E-state index contributed by atoms with van der Waals surface area (Å²) < 4.78 is 10.8. The van der Waals surface area contributed by atoms with Crippen LogP contribution in [0.5, 0.6) is 11.5 Å². The topological polar surface area (TPSA) is 44.5 Å². The lowest BCUT2D eigenvalue weighted by Gasteiger charge is -2.13. The highest BCUT2D eigenvalue weighted by molar-refractivity contribution is 7.13. The molecule has 0 saturated heterocycles. The van der Waals surface area contributed by atoms with Gasteiger partial charge in [0.2, 0.25) is 0 Å². The molecule has 2 N–H and O–H groups in total. The molecule has 0 amide bonds. The molecule has 1 heterocycles. The molecule has 3 nitrogen and oxygen atoms in total. The summed E-state index contributed by atoms with van der Waals surface area (Å²) >= 11 is 1.67. The largest absolute Gasteiger partial charge is 0.493 e. The van der Waals surface area contributed by atoms with Crippen molar-refractivity contribution in [1.82, 2.24) is 0 Å². The van der Waals surface area contributed by atoms with Gasteiger partial charge in [0.25, 0.3) is 0 Å². The minimum absolute atomic E-state index is 0.485. The van der Waals surface area contributed by atoms with Crippen molar-refractivity contribution < 1.29 is 9.47 Å². The summed E-state index contributed by atoms with van der Waals surface area (Å²) in [7, 11) is 3.29. The molecule has 0 unspecified atom stereocenters. The average molecular weight is 249 g/mol. The molecule has 0 saturated carbocycles. The Morgan fingerprint density at radius 2 is 2.06 bits per heavy atom. The minimum atomic E-state index is 0.485. The summed E-state index contributed by atoms with van der Waals surface area (Å²) in [6.45, 7) is 0.485. The molecule has 4 heteroatoms. The predicted molar refractivity (Wildman–Crippen MR) is 70.8 cm³/mol. The second-order valence-corrected chi connectivity index (χ2v) is 4.51. The highest BCUT2D eigenvalue weighted by Gasteiger charge is 2.14. The van der Waals surface area contributed by atoms with Crippen LogP contribution in [0.2, 0.25) is 0 Å². The van der Waals surface area contributed by atoms with Gasteiger partial charge in [-0.05, 0) is 29.1 Å². The molecular weight excluding hydrogens is 234 g/mol. The quantitative estimate of drug-likeness (QED) is 0.906. The second kappa shape index (κ2) is 5.21. The first-order chi connectivity index (χ1) is 8.30. The number of rotatable bonds is 4. The lowest BCUT2D eigenvalue weighted by Crippen LogP contribution is -2.00. The van der Waals surface area contributed by atoms with Gasteiger partial charge in [0.05, 0.1) is 14.2 Å². The van der Waals surface area contributed by atoms with Crippen LogP contribution in [0.25, 0.3) is 10.4 Å². The van der Waals surface area contributed by atoms with Crippen molar-refractivity contribution in [2.45, 2.75) is 6.54 Å². The maximum absolute atomic E-state index is 5.69. The fourth-order valence-electron chi connectivity index (χ4n) is 1.75. The molecule has 0 fully saturated rings. The van der Waals surface area contributed by atoms with E-state index in [-0.39, 0.29) is 0 Å². The van der Waals surface area contributed by atoms with Gasteiger partial charge in [-0.1, -0.05) is 6.07 Å². The Labute approximate surface area is 105 Å². The lowest BCUT2D eigenvalue weighted by molar-refractivity contribution is 0.356. The molecule has 1 aromatic heterocycles. The smallest absolute Gasteiger partial charge is 0.169 e. The molecule has 0 aliphatic heterocycles. The molecule has 2 rings (SSSR count). The van der Waals surface area contributed by atoms with Gasteiger partial charge in [-0.3, -0.25) is 0 Å². The Morgan fingerprint density at radius 1 is 1.24 bits per heavy atom. The maximum Gasteiger partial charge on any atom is 0.169 e. The van der Waals surface area contributed by atoms with Gasteiger partial charge in [0.15, 0.2) is 11.5 Å². The Bertz CT molecular complexity index is 494. The Hall–Kier alpha value is -1.52. The van der Waals surface area contributed by atoms with E-state index in [1.165, 1.54) is 0 Å². The van der Waals surface area contributed by atoms with E-state index >= 15 is 0 Å². The maximum atomic E-state index is 5.69. The van der Waals surface area contributed by atoms with Crippen LogP contribution in [0.3, 0.4) is 0 Å². The second-order valence-electron chi connectivity index (χ2n) is 3.56. The lowest BCUT2D eigenvalue weighted by atomic mass is 10.1. The van der Waals surface area contributed by atoms with Gasteiger partial charge < -0.3 is 15.2 Å². The minimum Gasteiger partial charge on any atom is -0.493 e. The molecule has 1 aromatic carbocycles. The summed E-state index contributed by atoms with van der Waals surface area (Å²) in [5.74, 6) is 1.48. The molecular formula is C13H15NO2S. The molecule has 0 aliphatic rings. The van der Waals surface area contributed by atoms with Crippen LogP contribution in [-0.4, -0.2) is 14.2 Å². The van der Waals surface area contributed by atoms with Crippen LogP contribution in [0.15, 0.2) is 29.6 Å². The van der Waals surface area contributed by atoms with Crippen LogP contribution in [-0.2, 0) is 6.54 Å². The normalized spacial score (nSPS) is 10.3. The number of benzene rings is 1. The van der Waals surface area contributed by atoms with E-state index in [0.29, 0.717) is 6.54 Å². The van der Waals surface area contributed by atoms with E-state index in [9.17, 15) is 0 Å². The molecule has 0 spiro atoms. The van der Waals surface area contributed by atoms with Crippen molar-refractivity contribution in [2.75, 3.05) is 14.2 Å². The van der Waals surface area contributed by atoms with E-state index in [0.717, 1.165) is 27.5 Å². The third kappa shape index (κ3) is 2.28. The Morgan fingerprint density at radius 3 is 2.59 bits per heavy atom. The number of ether oxygens (including phenoxy) is 2. The van der Waals surface area contributed by atoms with E-state index in [1.807, 2.05) is 23.6 Å². The summed E-state index contributed by atoms with van der Waals surface area (Å²) in [6, 6.07) is 8.03. The number of methoxy groups -OCH3 is 2. The number of hydrogen-bond donors (Lipinski definition) is 1. The van der Waals surface area contributed by atoms with E-state index in [1.54, 1.807) is 25.6 Å². The molecule has 17 heavy (non-hydrogen) atoms. The van der Waals surface area contributed by atoms with Crippen LogP contribution in [0.1, 0.15) is 5.56 Å². The van der Waals surface area contributed by atoms with E-state index in [2.05, 4.69) is 6.07 Å². The van der Waals surface area contributed by atoms with Gasteiger partial charge in [0, 0.05) is 17.0 Å². The molecule has 90 valence electrons. The first-order valence-electron chi connectivity index (χ1n) is 5.29. The third-order valence-corrected chi connectivity index (χ3v) is 3.46. The summed E-state index contributed by atoms with van der Waals surface area (Å²) in [5.41, 5.74) is 7.76. The van der Waals surface area contributed by atoms with Gasteiger partial charge in [0.1, 0.15) is 0 Å².